The molecule has 0 aliphatic rings. The van der Waals surface area contributed by atoms with E-state index >= 15 is 0 Å². The zero-order chi connectivity index (χ0) is 15.3. The van der Waals surface area contributed by atoms with Gasteiger partial charge in [-0.3, -0.25) is 4.79 Å². The molecule has 8 heteroatoms. The lowest BCUT2D eigenvalue weighted by Gasteiger charge is -2.09. The zero-order valence-electron chi connectivity index (χ0n) is 11.1. The van der Waals surface area contributed by atoms with Crippen LogP contribution in [0, 0.1) is 0 Å². The predicted molar refractivity (Wildman–Crippen MR) is 71.7 cm³/mol. The number of aliphatic carboxylic acids is 1. The zero-order valence-corrected chi connectivity index (χ0v) is 11.9. The number of aliphatic hydroxyl groups is 1. The number of carbonyl (C=O) groups is 2. The Hall–Kier alpha value is -1.73. The van der Waals surface area contributed by atoms with Crippen LogP contribution in [-0.4, -0.2) is 44.7 Å². The Balaban J connectivity index is 2.68. The SMILES string of the molecule is CC(C)c1ncc(Cl)c(C(=O)NCCC(O)C(=O)O)n1. The van der Waals surface area contributed by atoms with Crippen LogP contribution >= 0.6 is 11.6 Å². The van der Waals surface area contributed by atoms with Gasteiger partial charge in [0.2, 0.25) is 0 Å². The number of carbonyl (C=O) groups excluding carboxylic acids is 1. The van der Waals surface area contributed by atoms with Crippen LogP contribution < -0.4 is 5.32 Å². The maximum Gasteiger partial charge on any atom is 0.332 e. The summed E-state index contributed by atoms with van der Waals surface area (Å²) < 4.78 is 0. The van der Waals surface area contributed by atoms with E-state index in [2.05, 4.69) is 15.3 Å². The smallest absolute Gasteiger partial charge is 0.332 e. The van der Waals surface area contributed by atoms with Gasteiger partial charge in [0.25, 0.3) is 5.91 Å². The normalized spacial score (nSPS) is 12.2. The van der Waals surface area contributed by atoms with Crippen molar-refractivity contribution in [1.29, 1.82) is 0 Å². The molecule has 0 bridgehead atoms. The summed E-state index contributed by atoms with van der Waals surface area (Å²) in [5.41, 5.74) is 0.0372. The second-order valence-corrected chi connectivity index (χ2v) is 4.89. The third kappa shape index (κ3) is 4.43. The minimum absolute atomic E-state index is 0.00361. The minimum atomic E-state index is -1.51. The summed E-state index contributed by atoms with van der Waals surface area (Å²) in [5.74, 6) is -1.32. The van der Waals surface area contributed by atoms with Crippen molar-refractivity contribution in [2.75, 3.05) is 6.54 Å². The molecule has 1 unspecified atom stereocenters. The van der Waals surface area contributed by atoms with Crippen molar-refractivity contribution >= 4 is 23.5 Å². The Bertz CT molecular complexity index is 507. The standard InChI is InChI=1S/C12H16ClN3O4/c1-6(2)10-15-5-7(13)9(16-10)11(18)14-4-3-8(17)12(19)20/h5-6,8,17H,3-4H2,1-2H3,(H,14,18)(H,19,20). The number of halogens is 1. The molecule has 0 aliphatic heterocycles. The van der Waals surface area contributed by atoms with E-state index in [1.807, 2.05) is 13.8 Å². The molecule has 0 saturated carbocycles. The van der Waals surface area contributed by atoms with Crippen LogP contribution in [0.5, 0.6) is 0 Å². The van der Waals surface area contributed by atoms with E-state index in [4.69, 9.17) is 21.8 Å². The third-order valence-electron chi connectivity index (χ3n) is 2.48. The van der Waals surface area contributed by atoms with E-state index in [1.54, 1.807) is 0 Å². The molecule has 1 amide bonds. The number of aromatic nitrogens is 2. The second-order valence-electron chi connectivity index (χ2n) is 4.48. The Morgan fingerprint density at radius 1 is 1.45 bits per heavy atom. The quantitative estimate of drug-likeness (QED) is 0.717. The number of nitrogens with zero attached hydrogens (tertiary/aromatic N) is 2. The van der Waals surface area contributed by atoms with E-state index < -0.39 is 18.0 Å². The van der Waals surface area contributed by atoms with Gasteiger partial charge < -0.3 is 15.5 Å². The topological polar surface area (TPSA) is 112 Å². The van der Waals surface area contributed by atoms with Crippen LogP contribution in [0.25, 0.3) is 0 Å². The van der Waals surface area contributed by atoms with Crippen LogP contribution in [0.15, 0.2) is 6.20 Å². The van der Waals surface area contributed by atoms with Crippen molar-refractivity contribution < 1.29 is 19.8 Å². The predicted octanol–water partition coefficient (Wildman–Crippen LogP) is 0.819. The number of carboxylic acids is 1. The lowest BCUT2D eigenvalue weighted by Crippen LogP contribution is -2.31. The number of aliphatic hydroxyl groups excluding tert-OH is 1. The first-order valence-corrected chi connectivity index (χ1v) is 6.42. The molecule has 7 nitrogen and oxygen atoms in total. The number of hydrogen-bond acceptors (Lipinski definition) is 5. The van der Waals surface area contributed by atoms with E-state index in [0.29, 0.717) is 5.82 Å². The summed E-state index contributed by atoms with van der Waals surface area (Å²) >= 11 is 5.86. The van der Waals surface area contributed by atoms with Gasteiger partial charge in [0.15, 0.2) is 6.10 Å². The summed E-state index contributed by atoms with van der Waals surface area (Å²) in [6.07, 6.45) is -0.256. The largest absolute Gasteiger partial charge is 0.479 e. The van der Waals surface area contributed by atoms with Gasteiger partial charge in [0.1, 0.15) is 11.5 Å². The van der Waals surface area contributed by atoms with Gasteiger partial charge >= 0.3 is 5.97 Å². The third-order valence-corrected chi connectivity index (χ3v) is 2.76. The Labute approximate surface area is 121 Å². The highest BCUT2D eigenvalue weighted by Crippen LogP contribution is 2.16. The minimum Gasteiger partial charge on any atom is -0.479 e. The van der Waals surface area contributed by atoms with Gasteiger partial charge in [-0.2, -0.15) is 0 Å². The summed E-state index contributed by atoms with van der Waals surface area (Å²) in [6.45, 7) is 3.77. The first-order valence-electron chi connectivity index (χ1n) is 6.04. The molecule has 1 aromatic heterocycles. The number of carboxylic acid groups (broad SMARTS) is 1. The van der Waals surface area contributed by atoms with E-state index in [1.165, 1.54) is 6.20 Å². The Kier molecular flexibility index (Phi) is 5.84. The van der Waals surface area contributed by atoms with Gasteiger partial charge in [-0.15, -0.1) is 0 Å². The molecule has 1 aromatic rings. The van der Waals surface area contributed by atoms with Crippen molar-refractivity contribution in [3.8, 4) is 0 Å². The highest BCUT2D eigenvalue weighted by Gasteiger charge is 2.17. The molecule has 0 aromatic carbocycles. The summed E-state index contributed by atoms with van der Waals surface area (Å²) in [5, 5.41) is 20.2. The fourth-order valence-corrected chi connectivity index (χ4v) is 1.52. The molecule has 0 fully saturated rings. The first kappa shape index (κ1) is 16.3. The summed E-state index contributed by atoms with van der Waals surface area (Å²) in [4.78, 5) is 30.4. The van der Waals surface area contributed by atoms with Crippen LogP contribution in [0.3, 0.4) is 0 Å². The number of hydrogen-bond donors (Lipinski definition) is 3. The highest BCUT2D eigenvalue weighted by molar-refractivity contribution is 6.33. The van der Waals surface area contributed by atoms with E-state index in [9.17, 15) is 9.59 Å². The number of amides is 1. The van der Waals surface area contributed by atoms with Crippen molar-refractivity contribution in [2.24, 2.45) is 0 Å². The van der Waals surface area contributed by atoms with Crippen LogP contribution in [0.2, 0.25) is 5.02 Å². The lowest BCUT2D eigenvalue weighted by atomic mass is 10.2. The molecule has 0 radical (unpaired) electrons. The number of nitrogens with one attached hydrogen (secondary N) is 1. The highest BCUT2D eigenvalue weighted by atomic mass is 35.5. The lowest BCUT2D eigenvalue weighted by molar-refractivity contribution is -0.146. The van der Waals surface area contributed by atoms with Crippen LogP contribution in [-0.2, 0) is 4.79 Å². The van der Waals surface area contributed by atoms with Gasteiger partial charge in [-0.1, -0.05) is 25.4 Å². The van der Waals surface area contributed by atoms with Crippen molar-refractivity contribution in [3.05, 3.63) is 22.7 Å². The van der Waals surface area contributed by atoms with Gasteiger partial charge in [-0.25, -0.2) is 14.8 Å². The number of rotatable bonds is 6. The van der Waals surface area contributed by atoms with E-state index in [-0.39, 0.29) is 29.6 Å². The van der Waals surface area contributed by atoms with E-state index in [0.717, 1.165) is 0 Å². The fourth-order valence-electron chi connectivity index (χ4n) is 1.35. The van der Waals surface area contributed by atoms with Crippen LogP contribution in [0.1, 0.15) is 42.5 Å². The van der Waals surface area contributed by atoms with Crippen LogP contribution in [0.4, 0.5) is 0 Å². The Morgan fingerprint density at radius 3 is 2.65 bits per heavy atom. The average Bonchev–Trinajstić information content (AvgIpc) is 2.38. The summed E-state index contributed by atoms with van der Waals surface area (Å²) in [7, 11) is 0. The molecule has 110 valence electrons. The molecule has 0 aliphatic carbocycles. The fraction of sp³-hybridized carbons (Fsp3) is 0.500. The molecule has 1 atom stereocenters. The molecule has 1 heterocycles. The van der Waals surface area contributed by atoms with Crippen molar-refractivity contribution in [1.82, 2.24) is 15.3 Å². The van der Waals surface area contributed by atoms with Crippen molar-refractivity contribution in [2.45, 2.75) is 32.3 Å². The molecular weight excluding hydrogens is 286 g/mol. The first-order chi connectivity index (χ1) is 9.32. The monoisotopic (exact) mass is 301 g/mol. The van der Waals surface area contributed by atoms with Gasteiger partial charge in [-0.05, 0) is 0 Å². The molecule has 0 saturated heterocycles. The maximum absolute atomic E-state index is 11.9. The molecule has 1 rings (SSSR count). The van der Waals surface area contributed by atoms with Crippen molar-refractivity contribution in [3.63, 3.8) is 0 Å². The molecular formula is C12H16ClN3O4. The van der Waals surface area contributed by atoms with Gasteiger partial charge in [0, 0.05) is 18.9 Å². The molecule has 0 spiro atoms. The Morgan fingerprint density at radius 2 is 2.10 bits per heavy atom. The maximum atomic E-state index is 11.9. The molecule has 3 N–H and O–H groups in total. The molecule has 20 heavy (non-hydrogen) atoms. The average molecular weight is 302 g/mol. The second kappa shape index (κ2) is 7.16. The van der Waals surface area contributed by atoms with Gasteiger partial charge in [0.05, 0.1) is 11.2 Å². The summed E-state index contributed by atoms with van der Waals surface area (Å²) in [6, 6.07) is 0.